The zero-order chi connectivity index (χ0) is 20.8. The number of benzene rings is 3. The first-order chi connectivity index (χ1) is 14.0. The van der Waals surface area contributed by atoms with Crippen molar-refractivity contribution in [2.24, 2.45) is 0 Å². The zero-order valence-corrected chi connectivity index (χ0v) is 18.6. The van der Waals surface area contributed by atoms with Crippen LogP contribution in [0.2, 0.25) is 10.0 Å². The zero-order valence-electron chi connectivity index (χ0n) is 15.5. The van der Waals surface area contributed by atoms with Crippen LogP contribution in [0.4, 0.5) is 0 Å². The summed E-state index contributed by atoms with van der Waals surface area (Å²) in [6, 6.07) is 18.1. The molecule has 0 saturated carbocycles. The molecule has 3 aromatic carbocycles. The standard InChI is InChI=1S/C22H17BrCl2O4/c1-27-22(26)17-10-16(23)11-20(28-12-14-6-2-4-8-18(14)24)21(17)29-13-15-7-3-5-9-19(15)25/h2-11H,12-13H2,1H3. The van der Waals surface area contributed by atoms with Gasteiger partial charge in [0.25, 0.3) is 0 Å². The highest BCUT2D eigenvalue weighted by atomic mass is 79.9. The first-order valence-corrected chi connectivity index (χ1v) is 10.2. The SMILES string of the molecule is COC(=O)c1cc(Br)cc(OCc2ccccc2Cl)c1OCc1ccccc1Cl. The Balaban J connectivity index is 1.93. The summed E-state index contributed by atoms with van der Waals surface area (Å²) in [5, 5.41) is 1.16. The smallest absolute Gasteiger partial charge is 0.341 e. The molecule has 0 aliphatic rings. The fraction of sp³-hybridized carbons (Fsp3) is 0.136. The lowest BCUT2D eigenvalue weighted by atomic mass is 10.1. The molecule has 150 valence electrons. The Hall–Kier alpha value is -2.21. The van der Waals surface area contributed by atoms with Gasteiger partial charge in [0.05, 0.1) is 7.11 Å². The summed E-state index contributed by atoms with van der Waals surface area (Å²) in [5.74, 6) is 0.113. The van der Waals surface area contributed by atoms with E-state index in [1.165, 1.54) is 7.11 Å². The van der Waals surface area contributed by atoms with Gasteiger partial charge in [0.1, 0.15) is 18.8 Å². The quantitative estimate of drug-likeness (QED) is 0.342. The van der Waals surface area contributed by atoms with Crippen molar-refractivity contribution in [3.63, 3.8) is 0 Å². The predicted molar refractivity (Wildman–Crippen MR) is 117 cm³/mol. The van der Waals surface area contributed by atoms with Crippen LogP contribution >= 0.6 is 39.1 Å². The molecule has 3 rings (SSSR count). The largest absolute Gasteiger partial charge is 0.485 e. The van der Waals surface area contributed by atoms with Crippen LogP contribution in [0, 0.1) is 0 Å². The lowest BCUT2D eigenvalue weighted by Crippen LogP contribution is -2.09. The van der Waals surface area contributed by atoms with Gasteiger partial charge in [-0.1, -0.05) is 75.5 Å². The number of methoxy groups -OCH3 is 1. The molecule has 0 heterocycles. The lowest BCUT2D eigenvalue weighted by Gasteiger charge is -2.17. The van der Waals surface area contributed by atoms with E-state index in [2.05, 4.69) is 15.9 Å². The minimum atomic E-state index is -0.539. The van der Waals surface area contributed by atoms with Crippen LogP contribution in [0.1, 0.15) is 21.5 Å². The van der Waals surface area contributed by atoms with Gasteiger partial charge in [0.15, 0.2) is 11.5 Å². The van der Waals surface area contributed by atoms with Crippen molar-refractivity contribution >= 4 is 45.1 Å². The Morgan fingerprint density at radius 1 is 0.897 bits per heavy atom. The van der Waals surface area contributed by atoms with E-state index in [0.29, 0.717) is 20.3 Å². The van der Waals surface area contributed by atoms with Gasteiger partial charge in [-0.25, -0.2) is 4.79 Å². The first-order valence-electron chi connectivity index (χ1n) is 8.64. The van der Waals surface area contributed by atoms with Crippen molar-refractivity contribution in [1.82, 2.24) is 0 Å². The van der Waals surface area contributed by atoms with E-state index >= 15 is 0 Å². The van der Waals surface area contributed by atoms with E-state index in [9.17, 15) is 4.79 Å². The van der Waals surface area contributed by atoms with Crippen LogP contribution in [0.3, 0.4) is 0 Å². The van der Waals surface area contributed by atoms with Crippen LogP contribution in [0.15, 0.2) is 65.1 Å². The van der Waals surface area contributed by atoms with Crippen molar-refractivity contribution in [2.45, 2.75) is 13.2 Å². The number of ether oxygens (including phenoxy) is 3. The van der Waals surface area contributed by atoms with Crippen LogP contribution in [-0.2, 0) is 18.0 Å². The van der Waals surface area contributed by atoms with E-state index in [0.717, 1.165) is 11.1 Å². The first kappa shape index (κ1) is 21.5. The molecule has 0 fully saturated rings. The second kappa shape index (κ2) is 10.0. The van der Waals surface area contributed by atoms with Crippen LogP contribution in [0.5, 0.6) is 11.5 Å². The van der Waals surface area contributed by atoms with Crippen LogP contribution in [-0.4, -0.2) is 13.1 Å². The maximum atomic E-state index is 12.3. The summed E-state index contributed by atoms with van der Waals surface area (Å²) in [6.45, 7) is 0.368. The molecule has 0 radical (unpaired) electrons. The Morgan fingerprint density at radius 2 is 1.45 bits per heavy atom. The minimum Gasteiger partial charge on any atom is -0.485 e. The molecular formula is C22H17BrCl2O4. The van der Waals surface area contributed by atoms with Gasteiger partial charge < -0.3 is 14.2 Å². The van der Waals surface area contributed by atoms with E-state index < -0.39 is 5.97 Å². The Bertz CT molecular complexity index is 1020. The van der Waals surface area contributed by atoms with E-state index in [1.807, 2.05) is 36.4 Å². The molecule has 3 aromatic rings. The summed E-state index contributed by atoms with van der Waals surface area (Å²) in [4.78, 5) is 12.3. The average Bonchev–Trinajstić information content (AvgIpc) is 2.72. The van der Waals surface area contributed by atoms with Crippen molar-refractivity contribution in [1.29, 1.82) is 0 Å². The molecule has 0 unspecified atom stereocenters. The summed E-state index contributed by atoms with van der Waals surface area (Å²) < 4.78 is 17.5. The van der Waals surface area contributed by atoms with Gasteiger partial charge in [-0.15, -0.1) is 0 Å². The predicted octanol–water partition coefficient (Wildman–Crippen LogP) is 6.70. The molecule has 7 heteroatoms. The second-order valence-electron chi connectivity index (χ2n) is 6.03. The number of carbonyl (C=O) groups is 1. The number of hydrogen-bond donors (Lipinski definition) is 0. The molecule has 0 atom stereocenters. The molecule has 0 N–H and O–H groups in total. The van der Waals surface area contributed by atoms with Crippen LogP contribution < -0.4 is 9.47 Å². The van der Waals surface area contributed by atoms with Crippen molar-refractivity contribution in [3.8, 4) is 11.5 Å². The molecule has 0 aliphatic heterocycles. The van der Waals surface area contributed by atoms with Crippen molar-refractivity contribution < 1.29 is 19.0 Å². The van der Waals surface area contributed by atoms with Gasteiger partial charge in [-0.3, -0.25) is 0 Å². The fourth-order valence-electron chi connectivity index (χ4n) is 2.62. The summed E-state index contributed by atoms with van der Waals surface area (Å²) in [5.41, 5.74) is 1.83. The number of halogens is 3. The van der Waals surface area contributed by atoms with Crippen molar-refractivity contribution in [3.05, 3.63) is 91.9 Å². The fourth-order valence-corrected chi connectivity index (χ4v) is 3.44. The van der Waals surface area contributed by atoms with E-state index in [4.69, 9.17) is 37.4 Å². The molecule has 0 amide bonds. The second-order valence-corrected chi connectivity index (χ2v) is 7.76. The molecule has 0 saturated heterocycles. The molecule has 0 aliphatic carbocycles. The number of carbonyl (C=O) groups excluding carboxylic acids is 1. The topological polar surface area (TPSA) is 44.8 Å². The summed E-state index contributed by atoms with van der Waals surface area (Å²) in [7, 11) is 1.31. The summed E-state index contributed by atoms with van der Waals surface area (Å²) >= 11 is 15.8. The average molecular weight is 496 g/mol. The third-order valence-electron chi connectivity index (χ3n) is 4.10. The molecule has 0 spiro atoms. The van der Waals surface area contributed by atoms with Gasteiger partial charge in [-0.05, 0) is 24.3 Å². The molecule has 29 heavy (non-hydrogen) atoms. The van der Waals surface area contributed by atoms with Gasteiger partial charge in [-0.2, -0.15) is 0 Å². The molecule has 4 nitrogen and oxygen atoms in total. The van der Waals surface area contributed by atoms with Gasteiger partial charge in [0.2, 0.25) is 0 Å². The number of hydrogen-bond acceptors (Lipinski definition) is 4. The monoisotopic (exact) mass is 494 g/mol. The third-order valence-corrected chi connectivity index (χ3v) is 5.29. The normalized spacial score (nSPS) is 10.5. The van der Waals surface area contributed by atoms with Gasteiger partial charge in [0, 0.05) is 25.6 Å². The number of esters is 1. The maximum Gasteiger partial charge on any atom is 0.341 e. The maximum absolute atomic E-state index is 12.3. The van der Waals surface area contributed by atoms with Gasteiger partial charge >= 0.3 is 5.97 Å². The Morgan fingerprint density at radius 3 is 2.00 bits per heavy atom. The highest BCUT2D eigenvalue weighted by Crippen LogP contribution is 2.37. The number of rotatable bonds is 7. The Kier molecular flexibility index (Phi) is 7.42. The molecular weight excluding hydrogens is 479 g/mol. The minimum absolute atomic E-state index is 0.160. The molecule has 0 bridgehead atoms. The Labute approximate surface area is 187 Å². The third kappa shape index (κ3) is 5.44. The highest BCUT2D eigenvalue weighted by molar-refractivity contribution is 9.10. The summed E-state index contributed by atoms with van der Waals surface area (Å²) in [6.07, 6.45) is 0. The van der Waals surface area contributed by atoms with Crippen molar-refractivity contribution in [2.75, 3.05) is 7.11 Å². The van der Waals surface area contributed by atoms with E-state index in [1.54, 1.807) is 24.3 Å². The molecule has 0 aromatic heterocycles. The lowest BCUT2D eigenvalue weighted by molar-refractivity contribution is 0.0594. The van der Waals surface area contributed by atoms with E-state index in [-0.39, 0.29) is 24.5 Å². The van der Waals surface area contributed by atoms with Crippen LogP contribution in [0.25, 0.3) is 0 Å². The highest BCUT2D eigenvalue weighted by Gasteiger charge is 2.21.